The molecule has 1 N–H and O–H groups in total. The fraction of sp³-hybridized carbons (Fsp3) is 0.562. The summed E-state index contributed by atoms with van der Waals surface area (Å²) < 4.78 is 0. The molecule has 112 valence electrons. The number of rotatable bonds is 7. The highest BCUT2D eigenvalue weighted by molar-refractivity contribution is 7.98. The molecule has 1 unspecified atom stereocenters. The van der Waals surface area contributed by atoms with Crippen molar-refractivity contribution in [2.45, 2.75) is 33.2 Å². The van der Waals surface area contributed by atoms with Crippen molar-refractivity contribution in [3.8, 4) is 0 Å². The van der Waals surface area contributed by atoms with Gasteiger partial charge in [-0.1, -0.05) is 13.0 Å². The number of carbonyl (C=O) groups excluding carboxylic acids is 1. The van der Waals surface area contributed by atoms with Crippen molar-refractivity contribution in [1.29, 1.82) is 0 Å². The molecule has 0 radical (unpaired) electrons. The molecule has 1 aromatic rings. The van der Waals surface area contributed by atoms with Gasteiger partial charge in [-0.3, -0.25) is 4.79 Å². The Balaban J connectivity index is 2.96. The van der Waals surface area contributed by atoms with Crippen LogP contribution >= 0.6 is 11.8 Å². The van der Waals surface area contributed by atoms with E-state index in [1.54, 1.807) is 11.8 Å². The van der Waals surface area contributed by atoms with E-state index in [0.717, 1.165) is 30.0 Å². The molecule has 0 spiro atoms. The minimum atomic E-state index is 0.0881. The van der Waals surface area contributed by atoms with Gasteiger partial charge in [0.2, 0.25) is 0 Å². The average Bonchev–Trinajstić information content (AvgIpc) is 2.44. The summed E-state index contributed by atoms with van der Waals surface area (Å²) in [5.41, 5.74) is 2.87. The molecule has 0 aliphatic heterocycles. The van der Waals surface area contributed by atoms with Crippen LogP contribution in [0.4, 0.5) is 5.69 Å². The first kappa shape index (κ1) is 16.9. The number of benzene rings is 1. The maximum Gasteiger partial charge on any atom is 0.255 e. The van der Waals surface area contributed by atoms with E-state index in [-0.39, 0.29) is 11.9 Å². The summed E-state index contributed by atoms with van der Waals surface area (Å²) in [6.07, 6.45) is 3.11. The summed E-state index contributed by atoms with van der Waals surface area (Å²) in [6, 6.07) is 6.21. The molecule has 1 amide bonds. The normalized spacial score (nSPS) is 12.1. The number of aryl methyl sites for hydroxylation is 1. The highest BCUT2D eigenvalue weighted by Gasteiger charge is 2.19. The second-order valence-electron chi connectivity index (χ2n) is 5.20. The predicted octanol–water partition coefficient (Wildman–Crippen LogP) is 3.64. The number of thioether (sulfide) groups is 1. The molecule has 0 fully saturated rings. The minimum Gasteiger partial charge on any atom is -0.384 e. The Morgan fingerprint density at radius 2 is 2.15 bits per heavy atom. The summed E-state index contributed by atoms with van der Waals surface area (Å²) in [5.74, 6) is 1.04. The van der Waals surface area contributed by atoms with Crippen molar-refractivity contribution in [2.24, 2.45) is 0 Å². The second-order valence-corrected chi connectivity index (χ2v) is 6.11. The highest BCUT2D eigenvalue weighted by atomic mass is 32.2. The molecule has 0 aliphatic carbocycles. The molecule has 0 aliphatic rings. The molecule has 0 aromatic heterocycles. The van der Waals surface area contributed by atoms with Gasteiger partial charge < -0.3 is 10.2 Å². The third kappa shape index (κ3) is 4.44. The maximum absolute atomic E-state index is 12.6. The third-order valence-corrected chi connectivity index (χ3v) is 4.18. The Kier molecular flexibility index (Phi) is 6.93. The van der Waals surface area contributed by atoms with Crippen molar-refractivity contribution in [3.05, 3.63) is 29.3 Å². The molecular formula is C16H26N2OS. The average molecular weight is 294 g/mol. The van der Waals surface area contributed by atoms with Crippen LogP contribution < -0.4 is 5.32 Å². The quantitative estimate of drug-likeness (QED) is 0.833. The Morgan fingerprint density at radius 1 is 1.45 bits per heavy atom. The van der Waals surface area contributed by atoms with Gasteiger partial charge in [-0.2, -0.15) is 11.8 Å². The van der Waals surface area contributed by atoms with Gasteiger partial charge in [-0.25, -0.2) is 0 Å². The van der Waals surface area contributed by atoms with E-state index in [1.807, 2.05) is 31.0 Å². The van der Waals surface area contributed by atoms with Crippen LogP contribution in [-0.2, 0) is 0 Å². The van der Waals surface area contributed by atoms with Crippen LogP contribution in [0.5, 0.6) is 0 Å². The largest absolute Gasteiger partial charge is 0.384 e. The maximum atomic E-state index is 12.6. The Hall–Kier alpha value is -1.16. The first-order valence-corrected chi connectivity index (χ1v) is 8.51. The zero-order valence-electron chi connectivity index (χ0n) is 13.2. The topological polar surface area (TPSA) is 32.3 Å². The van der Waals surface area contributed by atoms with Gasteiger partial charge in [0.25, 0.3) is 5.91 Å². The van der Waals surface area contributed by atoms with E-state index in [9.17, 15) is 4.79 Å². The molecule has 0 saturated heterocycles. The van der Waals surface area contributed by atoms with E-state index in [0.29, 0.717) is 0 Å². The zero-order chi connectivity index (χ0) is 15.1. The lowest BCUT2D eigenvalue weighted by Crippen LogP contribution is -2.37. The Bertz CT molecular complexity index is 448. The van der Waals surface area contributed by atoms with E-state index < -0.39 is 0 Å². The van der Waals surface area contributed by atoms with Crippen molar-refractivity contribution < 1.29 is 4.79 Å². The van der Waals surface area contributed by atoms with Crippen LogP contribution in [0, 0.1) is 6.92 Å². The predicted molar refractivity (Wildman–Crippen MR) is 89.9 cm³/mol. The number of carbonyl (C=O) groups is 1. The molecule has 0 bridgehead atoms. The fourth-order valence-corrected chi connectivity index (χ4v) is 2.70. The molecular weight excluding hydrogens is 268 g/mol. The van der Waals surface area contributed by atoms with Gasteiger partial charge in [0.05, 0.1) is 5.56 Å². The van der Waals surface area contributed by atoms with Crippen molar-refractivity contribution in [1.82, 2.24) is 4.90 Å². The number of nitrogens with zero attached hydrogens (tertiary/aromatic N) is 1. The van der Waals surface area contributed by atoms with Crippen LogP contribution in [0.25, 0.3) is 0 Å². The number of hydrogen-bond donors (Lipinski definition) is 1. The summed E-state index contributed by atoms with van der Waals surface area (Å²) in [6.45, 7) is 7.14. The van der Waals surface area contributed by atoms with Gasteiger partial charge in [0.15, 0.2) is 0 Å². The summed E-state index contributed by atoms with van der Waals surface area (Å²) >= 11 is 1.76. The number of amides is 1. The third-order valence-electron chi connectivity index (χ3n) is 3.36. The van der Waals surface area contributed by atoms with Gasteiger partial charge in [0, 0.05) is 31.1 Å². The Labute approximate surface area is 127 Å². The van der Waals surface area contributed by atoms with Gasteiger partial charge in [-0.05, 0) is 44.2 Å². The first-order valence-electron chi connectivity index (χ1n) is 7.11. The summed E-state index contributed by atoms with van der Waals surface area (Å²) in [7, 11) is 1.88. The van der Waals surface area contributed by atoms with Gasteiger partial charge in [0.1, 0.15) is 0 Å². The second kappa shape index (κ2) is 8.20. The molecule has 1 rings (SSSR count). The molecule has 1 aromatic carbocycles. The molecule has 4 heteroatoms. The lowest BCUT2D eigenvalue weighted by Gasteiger charge is -2.25. The molecule has 20 heavy (non-hydrogen) atoms. The standard InChI is InChI=1S/C16H26N2OS/c1-6-9-17-15-10-12(2)7-8-14(15)16(19)18(4)13(3)11-20-5/h7-8,10,13,17H,6,9,11H2,1-5H3. The van der Waals surface area contributed by atoms with E-state index in [4.69, 9.17) is 0 Å². The monoisotopic (exact) mass is 294 g/mol. The van der Waals surface area contributed by atoms with Crippen molar-refractivity contribution >= 4 is 23.4 Å². The van der Waals surface area contributed by atoms with Gasteiger partial charge >= 0.3 is 0 Å². The molecule has 1 atom stereocenters. The minimum absolute atomic E-state index is 0.0881. The van der Waals surface area contributed by atoms with Crippen LogP contribution in [0.3, 0.4) is 0 Å². The number of anilines is 1. The van der Waals surface area contributed by atoms with Crippen molar-refractivity contribution in [3.63, 3.8) is 0 Å². The summed E-state index contributed by atoms with van der Waals surface area (Å²) in [4.78, 5) is 14.5. The molecule has 3 nitrogen and oxygen atoms in total. The first-order chi connectivity index (χ1) is 9.51. The van der Waals surface area contributed by atoms with Crippen molar-refractivity contribution in [2.75, 3.05) is 30.9 Å². The summed E-state index contributed by atoms with van der Waals surface area (Å²) in [5, 5.41) is 3.36. The van der Waals surface area contributed by atoms with Crippen LogP contribution in [0.2, 0.25) is 0 Å². The lowest BCUT2D eigenvalue weighted by atomic mass is 10.1. The van der Waals surface area contributed by atoms with E-state index in [2.05, 4.69) is 31.5 Å². The smallest absolute Gasteiger partial charge is 0.255 e. The number of hydrogen-bond acceptors (Lipinski definition) is 3. The van der Waals surface area contributed by atoms with E-state index in [1.165, 1.54) is 5.56 Å². The van der Waals surface area contributed by atoms with Crippen LogP contribution in [0.1, 0.15) is 36.2 Å². The fourth-order valence-electron chi connectivity index (χ4n) is 1.99. The zero-order valence-corrected chi connectivity index (χ0v) is 14.0. The van der Waals surface area contributed by atoms with Gasteiger partial charge in [-0.15, -0.1) is 0 Å². The SMILES string of the molecule is CCCNc1cc(C)ccc1C(=O)N(C)C(C)CSC. The molecule has 0 saturated carbocycles. The van der Waals surface area contributed by atoms with Crippen LogP contribution in [-0.4, -0.2) is 42.4 Å². The number of nitrogens with one attached hydrogen (secondary N) is 1. The Morgan fingerprint density at radius 3 is 2.75 bits per heavy atom. The van der Waals surface area contributed by atoms with E-state index >= 15 is 0 Å². The lowest BCUT2D eigenvalue weighted by molar-refractivity contribution is 0.0758. The highest BCUT2D eigenvalue weighted by Crippen LogP contribution is 2.20. The molecule has 0 heterocycles. The van der Waals surface area contributed by atoms with Crippen LogP contribution in [0.15, 0.2) is 18.2 Å².